The molecule has 0 rings (SSSR count). The second-order valence-corrected chi connectivity index (χ2v) is 7.05. The molecule has 2 N–H and O–H groups in total. The van der Waals surface area contributed by atoms with Crippen molar-refractivity contribution in [3.63, 3.8) is 0 Å². The third-order valence-electron chi connectivity index (χ3n) is 3.06. The minimum absolute atomic E-state index is 0.0166. The molecule has 0 aromatic rings. The third kappa shape index (κ3) is 4.80. The van der Waals surface area contributed by atoms with Crippen LogP contribution in [0.3, 0.4) is 0 Å². The Morgan fingerprint density at radius 1 is 1.08 bits per heavy atom. The van der Waals surface area contributed by atoms with E-state index < -0.39 is 7.60 Å². The largest absolute Gasteiger partial charge is 0.325 e. The summed E-state index contributed by atoms with van der Waals surface area (Å²) in [7, 11) is -3.83. The van der Waals surface area contributed by atoms with Gasteiger partial charge in [0.15, 0.2) is 0 Å². The maximum Gasteiger partial charge on any atom is 0.325 e. The van der Waals surface area contributed by atoms with E-state index in [9.17, 15) is 4.57 Å². The smallest absolute Gasteiger partial charge is 0.324 e. The van der Waals surface area contributed by atoms with Gasteiger partial charge in [-0.25, -0.2) is 0 Å². The molecule has 0 unspecified atom stereocenters. The molecule has 0 saturated heterocycles. The maximum atomic E-state index is 10.7. The lowest BCUT2D eigenvalue weighted by Crippen LogP contribution is -2.30. The predicted molar refractivity (Wildman–Crippen MR) is 54.8 cm³/mol. The van der Waals surface area contributed by atoms with Crippen molar-refractivity contribution >= 4 is 7.60 Å². The van der Waals surface area contributed by atoms with Crippen LogP contribution < -0.4 is 0 Å². The van der Waals surface area contributed by atoms with Crippen LogP contribution in [-0.2, 0) is 4.57 Å². The van der Waals surface area contributed by atoms with Crippen molar-refractivity contribution < 1.29 is 14.4 Å². The molecule has 3 nitrogen and oxygen atoms in total. The molecule has 0 amide bonds. The molecule has 0 spiro atoms. The van der Waals surface area contributed by atoms with Crippen LogP contribution in [0.25, 0.3) is 0 Å². The average Bonchev–Trinajstić information content (AvgIpc) is 1.79. The molecule has 0 aromatic heterocycles. The van der Waals surface area contributed by atoms with E-state index in [1.165, 1.54) is 0 Å². The van der Waals surface area contributed by atoms with Crippen molar-refractivity contribution in [2.45, 2.75) is 41.0 Å². The molecule has 0 heterocycles. The van der Waals surface area contributed by atoms with Crippen LogP contribution in [-0.4, -0.2) is 15.9 Å². The van der Waals surface area contributed by atoms with Crippen LogP contribution >= 0.6 is 7.60 Å². The quantitative estimate of drug-likeness (QED) is 0.701. The van der Waals surface area contributed by atoms with Gasteiger partial charge in [0.2, 0.25) is 0 Å². The summed E-state index contributed by atoms with van der Waals surface area (Å²) < 4.78 is 10.7. The second-order valence-electron chi connectivity index (χ2n) is 5.27. The van der Waals surface area contributed by atoms with Crippen molar-refractivity contribution in [3.05, 3.63) is 0 Å². The highest BCUT2D eigenvalue weighted by atomic mass is 31.2. The highest BCUT2D eigenvalue weighted by Gasteiger charge is 2.34. The topological polar surface area (TPSA) is 57.5 Å². The average molecular weight is 208 g/mol. The lowest BCUT2D eigenvalue weighted by atomic mass is 9.68. The van der Waals surface area contributed by atoms with Gasteiger partial charge in [0.25, 0.3) is 0 Å². The molecule has 0 aliphatic heterocycles. The molecule has 0 aliphatic rings. The van der Waals surface area contributed by atoms with Crippen LogP contribution in [0.15, 0.2) is 0 Å². The minimum atomic E-state index is -3.83. The van der Waals surface area contributed by atoms with Crippen LogP contribution in [0.4, 0.5) is 0 Å². The van der Waals surface area contributed by atoms with Gasteiger partial charge in [-0.1, -0.05) is 34.6 Å². The van der Waals surface area contributed by atoms with Gasteiger partial charge >= 0.3 is 7.60 Å². The first-order valence-electron chi connectivity index (χ1n) is 4.50. The van der Waals surface area contributed by atoms with E-state index in [-0.39, 0.29) is 17.0 Å². The van der Waals surface area contributed by atoms with Crippen molar-refractivity contribution in [2.24, 2.45) is 10.8 Å². The van der Waals surface area contributed by atoms with Gasteiger partial charge in [-0.05, 0) is 17.3 Å². The molecule has 80 valence electrons. The highest BCUT2D eigenvalue weighted by Crippen LogP contribution is 2.45. The molecular weight excluding hydrogens is 187 g/mol. The van der Waals surface area contributed by atoms with Crippen molar-refractivity contribution in [1.82, 2.24) is 0 Å². The Bertz CT molecular complexity index is 209. The molecule has 0 atom stereocenters. The Balaban J connectivity index is 4.29. The fraction of sp³-hybridized carbons (Fsp3) is 1.00. The Hall–Kier alpha value is 0.150. The van der Waals surface area contributed by atoms with Crippen LogP contribution in [0.1, 0.15) is 41.0 Å². The standard InChI is InChI=1S/C9H21O3P/c1-8(2,3)9(4,5)6-7-13(10,11)12/h6-7H2,1-5H3,(H2,10,11,12). The van der Waals surface area contributed by atoms with Crippen molar-refractivity contribution in [2.75, 3.05) is 6.16 Å². The van der Waals surface area contributed by atoms with Gasteiger partial charge in [0.1, 0.15) is 0 Å². The van der Waals surface area contributed by atoms with Gasteiger partial charge in [-0.15, -0.1) is 0 Å². The fourth-order valence-electron chi connectivity index (χ4n) is 0.800. The number of rotatable bonds is 3. The van der Waals surface area contributed by atoms with Crippen LogP contribution in [0.2, 0.25) is 0 Å². The summed E-state index contributed by atoms with van der Waals surface area (Å²) in [5.74, 6) is 0. The zero-order valence-corrected chi connectivity index (χ0v) is 10.1. The highest BCUT2D eigenvalue weighted by molar-refractivity contribution is 7.51. The molecule has 0 radical (unpaired) electrons. The van der Waals surface area contributed by atoms with E-state index in [4.69, 9.17) is 9.79 Å². The van der Waals surface area contributed by atoms with E-state index in [0.29, 0.717) is 6.42 Å². The molecule has 13 heavy (non-hydrogen) atoms. The lowest BCUT2D eigenvalue weighted by molar-refractivity contribution is 0.125. The maximum absolute atomic E-state index is 10.7. The summed E-state index contributed by atoms with van der Waals surface area (Å²) in [6, 6.07) is 0. The summed E-state index contributed by atoms with van der Waals surface area (Å²) >= 11 is 0. The summed E-state index contributed by atoms with van der Waals surface area (Å²) in [6.45, 7) is 10.4. The normalized spacial score (nSPS) is 14.7. The second kappa shape index (κ2) is 3.72. The SMILES string of the molecule is CC(C)(C)C(C)(C)CCP(=O)(O)O. The monoisotopic (exact) mass is 208 g/mol. The predicted octanol–water partition coefficient (Wildman–Crippen LogP) is 2.63. The zero-order valence-electron chi connectivity index (χ0n) is 9.16. The van der Waals surface area contributed by atoms with Crippen LogP contribution in [0.5, 0.6) is 0 Å². The third-order valence-corrected chi connectivity index (χ3v) is 3.86. The summed E-state index contributed by atoms with van der Waals surface area (Å²) in [4.78, 5) is 17.5. The van der Waals surface area contributed by atoms with Gasteiger partial charge in [-0.3, -0.25) is 4.57 Å². The Labute approximate surface area is 80.7 Å². The lowest BCUT2D eigenvalue weighted by Gasteiger charge is -2.39. The van der Waals surface area contributed by atoms with E-state index in [2.05, 4.69) is 20.8 Å². The molecule has 0 aromatic carbocycles. The van der Waals surface area contributed by atoms with Gasteiger partial charge in [-0.2, -0.15) is 0 Å². The van der Waals surface area contributed by atoms with E-state index in [1.807, 2.05) is 13.8 Å². The fourth-order valence-corrected chi connectivity index (χ4v) is 1.65. The van der Waals surface area contributed by atoms with Gasteiger partial charge < -0.3 is 9.79 Å². The van der Waals surface area contributed by atoms with Crippen molar-refractivity contribution in [3.8, 4) is 0 Å². The summed E-state index contributed by atoms with van der Waals surface area (Å²) in [5.41, 5.74) is 0.0241. The first-order chi connectivity index (χ1) is 5.46. The van der Waals surface area contributed by atoms with E-state index in [0.717, 1.165) is 0 Å². The minimum Gasteiger partial charge on any atom is -0.324 e. The zero-order chi connectivity index (χ0) is 10.9. The summed E-state index contributed by atoms with van der Waals surface area (Å²) in [6.07, 6.45) is 0.540. The van der Waals surface area contributed by atoms with Gasteiger partial charge in [0, 0.05) is 0 Å². The Morgan fingerprint density at radius 3 is 1.69 bits per heavy atom. The molecular formula is C9H21O3P. The first-order valence-corrected chi connectivity index (χ1v) is 6.30. The number of hydrogen-bond donors (Lipinski definition) is 2. The van der Waals surface area contributed by atoms with E-state index >= 15 is 0 Å². The molecule has 0 fully saturated rings. The van der Waals surface area contributed by atoms with Crippen molar-refractivity contribution in [1.29, 1.82) is 0 Å². The molecule has 0 bridgehead atoms. The molecule has 0 aliphatic carbocycles. The number of hydrogen-bond acceptors (Lipinski definition) is 1. The van der Waals surface area contributed by atoms with E-state index in [1.54, 1.807) is 0 Å². The van der Waals surface area contributed by atoms with Gasteiger partial charge in [0.05, 0.1) is 6.16 Å². The van der Waals surface area contributed by atoms with Crippen LogP contribution in [0, 0.1) is 10.8 Å². The first kappa shape index (κ1) is 13.2. The molecule has 4 heteroatoms. The molecule has 0 saturated carbocycles. The Morgan fingerprint density at radius 2 is 1.46 bits per heavy atom. The Kier molecular flexibility index (Phi) is 3.76. The summed E-state index contributed by atoms with van der Waals surface area (Å²) in [5, 5.41) is 0.